The van der Waals surface area contributed by atoms with Crippen molar-refractivity contribution in [2.75, 3.05) is 31.0 Å². The van der Waals surface area contributed by atoms with Crippen molar-refractivity contribution in [1.29, 1.82) is 0 Å². The molecule has 0 spiro atoms. The number of halogens is 1. The fourth-order valence-corrected chi connectivity index (χ4v) is 5.84. The van der Waals surface area contributed by atoms with E-state index in [0.29, 0.717) is 41.5 Å². The Morgan fingerprint density at radius 2 is 1.80 bits per heavy atom. The fraction of sp³-hybridized carbons (Fsp3) is 0.312. The summed E-state index contributed by atoms with van der Waals surface area (Å²) >= 11 is 6.33. The number of benzene rings is 3. The summed E-state index contributed by atoms with van der Waals surface area (Å²) in [5.74, 6) is 1.08. The zero-order valence-electron chi connectivity index (χ0n) is 23.2. The van der Waals surface area contributed by atoms with Gasteiger partial charge in [0.25, 0.3) is 0 Å². The molecule has 7 nitrogen and oxygen atoms in total. The van der Waals surface area contributed by atoms with Gasteiger partial charge in [-0.15, -0.1) is 0 Å². The smallest absolute Gasteiger partial charge is 0.239 e. The van der Waals surface area contributed by atoms with Gasteiger partial charge in [0.1, 0.15) is 11.5 Å². The number of para-hydroxylation sites is 2. The summed E-state index contributed by atoms with van der Waals surface area (Å²) in [5, 5.41) is 7.19. The normalized spacial score (nSPS) is 17.8. The zero-order chi connectivity index (χ0) is 28.4. The molecule has 1 aliphatic heterocycles. The number of allylic oxidation sites excluding steroid dienone is 1. The monoisotopic (exact) mass is 559 g/mol. The predicted octanol–water partition coefficient (Wildman–Crippen LogP) is 6.29. The van der Waals surface area contributed by atoms with Gasteiger partial charge >= 0.3 is 0 Å². The number of amides is 1. The van der Waals surface area contributed by atoms with Crippen molar-refractivity contribution < 1.29 is 19.1 Å². The Morgan fingerprint density at radius 1 is 1.05 bits per heavy atom. The van der Waals surface area contributed by atoms with E-state index in [4.69, 9.17) is 21.1 Å². The molecule has 1 atom stereocenters. The highest BCUT2D eigenvalue weighted by Crippen LogP contribution is 2.49. The Morgan fingerprint density at radius 3 is 2.55 bits per heavy atom. The van der Waals surface area contributed by atoms with Crippen molar-refractivity contribution in [2.45, 2.75) is 39.3 Å². The highest BCUT2D eigenvalue weighted by atomic mass is 35.5. The van der Waals surface area contributed by atoms with Crippen LogP contribution in [0.25, 0.3) is 0 Å². The molecule has 0 saturated carbocycles. The second kappa shape index (κ2) is 11.3. The van der Waals surface area contributed by atoms with Crippen LogP contribution in [0.15, 0.2) is 78.0 Å². The van der Waals surface area contributed by atoms with Crippen LogP contribution < -0.4 is 25.0 Å². The van der Waals surface area contributed by atoms with Crippen LogP contribution >= 0.6 is 11.6 Å². The Labute approximate surface area is 240 Å². The van der Waals surface area contributed by atoms with E-state index in [1.807, 2.05) is 65.6 Å². The number of ether oxygens (including phenoxy) is 2. The van der Waals surface area contributed by atoms with Crippen LogP contribution in [0.4, 0.5) is 11.4 Å². The van der Waals surface area contributed by atoms with Crippen molar-refractivity contribution in [2.24, 2.45) is 5.41 Å². The first-order valence-corrected chi connectivity index (χ1v) is 13.7. The van der Waals surface area contributed by atoms with Gasteiger partial charge in [-0.2, -0.15) is 0 Å². The van der Waals surface area contributed by atoms with E-state index < -0.39 is 6.04 Å². The number of carbonyl (C=O) groups excluding carboxylic acids is 2. The molecule has 1 aliphatic carbocycles. The van der Waals surface area contributed by atoms with Crippen LogP contribution in [-0.2, 0) is 16.1 Å². The van der Waals surface area contributed by atoms with E-state index in [1.165, 1.54) is 0 Å². The van der Waals surface area contributed by atoms with E-state index >= 15 is 0 Å². The van der Waals surface area contributed by atoms with Crippen molar-refractivity contribution in [3.8, 4) is 11.5 Å². The van der Waals surface area contributed by atoms with E-state index in [2.05, 4.69) is 24.5 Å². The first-order chi connectivity index (χ1) is 19.2. The van der Waals surface area contributed by atoms with Gasteiger partial charge in [0, 0.05) is 40.9 Å². The largest absolute Gasteiger partial charge is 0.497 e. The molecule has 1 heterocycles. The summed E-state index contributed by atoms with van der Waals surface area (Å²) in [5.41, 5.74) is 4.59. The topological polar surface area (TPSA) is 79.9 Å². The summed E-state index contributed by atoms with van der Waals surface area (Å²) in [6.07, 6.45) is 1.11. The molecular formula is C32H34ClN3O4. The maximum atomic E-state index is 13.9. The van der Waals surface area contributed by atoms with Gasteiger partial charge in [-0.25, -0.2) is 0 Å². The minimum absolute atomic E-state index is 0.0104. The van der Waals surface area contributed by atoms with Gasteiger partial charge in [0.05, 0.1) is 38.2 Å². The number of Topliss-reactive ketones (excluding diaryl/α,β-unsaturated/α-hetero) is 1. The van der Waals surface area contributed by atoms with Crippen LogP contribution in [0.2, 0.25) is 5.02 Å². The van der Waals surface area contributed by atoms with E-state index in [-0.39, 0.29) is 23.7 Å². The van der Waals surface area contributed by atoms with Crippen molar-refractivity contribution in [3.63, 3.8) is 0 Å². The number of fused-ring (bicyclic) bond motifs is 1. The summed E-state index contributed by atoms with van der Waals surface area (Å²) in [6, 6.07) is 20.3. The highest BCUT2D eigenvalue weighted by molar-refractivity contribution is 6.31. The minimum Gasteiger partial charge on any atom is -0.497 e. The second-order valence-electron chi connectivity index (χ2n) is 11.0. The third-order valence-corrected chi connectivity index (χ3v) is 7.86. The molecule has 8 heteroatoms. The third kappa shape index (κ3) is 5.52. The molecule has 5 rings (SSSR count). The Hall–Kier alpha value is -3.97. The lowest BCUT2D eigenvalue weighted by Gasteiger charge is -2.38. The Kier molecular flexibility index (Phi) is 7.76. The van der Waals surface area contributed by atoms with E-state index in [9.17, 15) is 9.59 Å². The molecule has 2 N–H and O–H groups in total. The van der Waals surface area contributed by atoms with Crippen LogP contribution in [0, 0.1) is 5.41 Å². The maximum absolute atomic E-state index is 13.9. The quantitative estimate of drug-likeness (QED) is 0.354. The molecule has 3 aromatic carbocycles. The lowest BCUT2D eigenvalue weighted by molar-refractivity contribution is -0.121. The van der Waals surface area contributed by atoms with E-state index in [1.54, 1.807) is 20.3 Å². The van der Waals surface area contributed by atoms with Crippen LogP contribution in [0.3, 0.4) is 0 Å². The van der Waals surface area contributed by atoms with Crippen molar-refractivity contribution in [1.82, 2.24) is 5.32 Å². The van der Waals surface area contributed by atoms with Crippen LogP contribution in [0.1, 0.15) is 43.9 Å². The first kappa shape index (κ1) is 27.6. The summed E-state index contributed by atoms with van der Waals surface area (Å²) < 4.78 is 11.3. The number of methoxy groups -OCH3 is 2. The number of hydrogen-bond donors (Lipinski definition) is 2. The number of nitrogens with zero attached hydrogens (tertiary/aromatic N) is 1. The van der Waals surface area contributed by atoms with Gasteiger partial charge in [0.15, 0.2) is 5.78 Å². The van der Waals surface area contributed by atoms with Crippen LogP contribution in [0.5, 0.6) is 11.5 Å². The predicted molar refractivity (Wildman–Crippen MR) is 158 cm³/mol. The van der Waals surface area contributed by atoms with Crippen LogP contribution in [-0.4, -0.2) is 32.5 Å². The van der Waals surface area contributed by atoms with Crippen molar-refractivity contribution in [3.05, 3.63) is 94.1 Å². The molecule has 0 fully saturated rings. The molecule has 0 saturated heterocycles. The lowest BCUT2D eigenvalue weighted by atomic mass is 9.73. The summed E-state index contributed by atoms with van der Waals surface area (Å²) in [7, 11) is 3.20. The standard InChI is InChI=1S/C32H34ClN3O4/c1-32(2)16-25-30(27(37)17-32)31(22-14-13-21(39-3)15-28(22)40-4)36(26-12-8-7-11-24(26)35-25)19-29(38)34-18-20-9-5-6-10-23(20)33/h5-15,31,35H,16-19H2,1-4H3,(H,34,38). The Bertz CT molecular complexity index is 1480. The molecule has 208 valence electrons. The van der Waals surface area contributed by atoms with Gasteiger partial charge in [0.2, 0.25) is 5.91 Å². The highest BCUT2D eigenvalue weighted by Gasteiger charge is 2.42. The lowest BCUT2D eigenvalue weighted by Crippen LogP contribution is -2.42. The number of hydrogen-bond acceptors (Lipinski definition) is 6. The SMILES string of the molecule is COc1ccc(C2C3=C(CC(C)(C)CC3=O)Nc3ccccc3N2CC(=O)NCc2ccccc2Cl)c(OC)c1. The summed E-state index contributed by atoms with van der Waals surface area (Å²) in [4.78, 5) is 29.4. The number of ketones is 1. The molecule has 0 bridgehead atoms. The fourth-order valence-electron chi connectivity index (χ4n) is 5.64. The molecule has 1 unspecified atom stereocenters. The maximum Gasteiger partial charge on any atom is 0.239 e. The number of carbonyl (C=O) groups is 2. The molecule has 1 amide bonds. The molecule has 40 heavy (non-hydrogen) atoms. The minimum atomic E-state index is -0.568. The van der Waals surface area contributed by atoms with Gasteiger partial charge in [-0.1, -0.05) is 55.8 Å². The average Bonchev–Trinajstić information content (AvgIpc) is 3.06. The molecule has 0 aromatic heterocycles. The second-order valence-corrected chi connectivity index (χ2v) is 11.4. The third-order valence-electron chi connectivity index (χ3n) is 7.49. The van der Waals surface area contributed by atoms with Gasteiger partial charge < -0.3 is 25.0 Å². The average molecular weight is 560 g/mol. The summed E-state index contributed by atoms with van der Waals surface area (Å²) in [6.45, 7) is 4.52. The van der Waals surface area contributed by atoms with E-state index in [0.717, 1.165) is 28.2 Å². The number of rotatable bonds is 7. The molecular weight excluding hydrogens is 526 g/mol. The molecule has 3 aromatic rings. The van der Waals surface area contributed by atoms with Gasteiger partial charge in [-0.05, 0) is 47.7 Å². The first-order valence-electron chi connectivity index (χ1n) is 13.3. The molecule has 2 aliphatic rings. The van der Waals surface area contributed by atoms with Gasteiger partial charge in [-0.3, -0.25) is 9.59 Å². The zero-order valence-corrected chi connectivity index (χ0v) is 24.0. The number of nitrogens with one attached hydrogen (secondary N) is 2. The van der Waals surface area contributed by atoms with Crippen molar-refractivity contribution >= 4 is 34.7 Å². The Balaban J connectivity index is 1.62. The molecule has 0 radical (unpaired) electrons. The number of anilines is 2.